The fourth-order valence-electron chi connectivity index (χ4n) is 2.64. The Bertz CT molecular complexity index is 1070. The van der Waals surface area contributed by atoms with Crippen LogP contribution in [-0.2, 0) is 6.54 Å². The predicted octanol–water partition coefficient (Wildman–Crippen LogP) is 4.42. The first kappa shape index (κ1) is 18.4. The number of amides is 1. The number of carbonyl (C=O) groups is 1. The zero-order valence-corrected chi connectivity index (χ0v) is 16.7. The number of rotatable bonds is 6. The quantitative estimate of drug-likeness (QED) is 0.479. The molecule has 4 aromatic rings. The summed E-state index contributed by atoms with van der Waals surface area (Å²) in [6, 6.07) is 18.1. The third-order valence-corrected chi connectivity index (χ3v) is 5.57. The van der Waals surface area contributed by atoms with Crippen LogP contribution in [-0.4, -0.2) is 32.1 Å². The highest BCUT2D eigenvalue weighted by Crippen LogP contribution is 2.26. The first-order chi connectivity index (χ1) is 13.7. The lowest BCUT2D eigenvalue weighted by molar-refractivity contribution is 0.102. The maximum atomic E-state index is 12.4. The summed E-state index contributed by atoms with van der Waals surface area (Å²) in [5, 5.41) is 13.3. The Balaban J connectivity index is 1.42. The van der Waals surface area contributed by atoms with E-state index >= 15 is 0 Å². The van der Waals surface area contributed by atoms with Gasteiger partial charge in [-0.25, -0.2) is 9.67 Å². The Kier molecular flexibility index (Phi) is 5.50. The SMILES string of the molecule is CSc1ccc(-c2csc(NC(=O)c3cn(Cc4ccccc4)nn3)n2)cc1. The molecule has 0 radical (unpaired) electrons. The Labute approximate surface area is 170 Å². The molecule has 0 aliphatic carbocycles. The number of thioether (sulfide) groups is 1. The molecule has 0 bridgehead atoms. The van der Waals surface area contributed by atoms with Crippen LogP contribution in [0.4, 0.5) is 5.13 Å². The van der Waals surface area contributed by atoms with Gasteiger partial charge >= 0.3 is 0 Å². The van der Waals surface area contributed by atoms with E-state index in [0.29, 0.717) is 11.7 Å². The summed E-state index contributed by atoms with van der Waals surface area (Å²) in [6.45, 7) is 0.564. The zero-order chi connectivity index (χ0) is 19.3. The number of benzene rings is 2. The first-order valence-corrected chi connectivity index (χ1v) is 10.7. The van der Waals surface area contributed by atoms with Gasteiger partial charge in [0.25, 0.3) is 5.91 Å². The third kappa shape index (κ3) is 4.29. The molecule has 4 rings (SSSR count). The van der Waals surface area contributed by atoms with E-state index in [1.54, 1.807) is 22.6 Å². The maximum absolute atomic E-state index is 12.4. The lowest BCUT2D eigenvalue weighted by atomic mass is 10.2. The van der Waals surface area contributed by atoms with Crippen molar-refractivity contribution in [1.82, 2.24) is 20.0 Å². The van der Waals surface area contributed by atoms with Crippen molar-refractivity contribution in [3.8, 4) is 11.3 Å². The lowest BCUT2D eigenvalue weighted by Gasteiger charge is -2.00. The van der Waals surface area contributed by atoms with Gasteiger partial charge in [0.05, 0.1) is 18.4 Å². The third-order valence-electron chi connectivity index (χ3n) is 4.07. The molecular formula is C20H17N5OS2. The second kappa shape index (κ2) is 8.37. The van der Waals surface area contributed by atoms with Gasteiger partial charge in [0.15, 0.2) is 10.8 Å². The van der Waals surface area contributed by atoms with Gasteiger partial charge in [0.2, 0.25) is 0 Å². The summed E-state index contributed by atoms with van der Waals surface area (Å²) in [5.74, 6) is -0.321. The molecule has 28 heavy (non-hydrogen) atoms. The molecule has 0 saturated carbocycles. The highest BCUT2D eigenvalue weighted by molar-refractivity contribution is 7.98. The van der Waals surface area contributed by atoms with Gasteiger partial charge in [-0.05, 0) is 24.0 Å². The van der Waals surface area contributed by atoms with E-state index < -0.39 is 0 Å². The average molecular weight is 408 g/mol. The van der Waals surface area contributed by atoms with Crippen molar-refractivity contribution in [2.45, 2.75) is 11.4 Å². The molecule has 8 heteroatoms. The summed E-state index contributed by atoms with van der Waals surface area (Å²) in [6.07, 6.45) is 3.68. The molecule has 0 aliphatic rings. The van der Waals surface area contributed by atoms with Crippen molar-refractivity contribution in [1.29, 1.82) is 0 Å². The Morgan fingerprint density at radius 1 is 1.14 bits per heavy atom. The lowest BCUT2D eigenvalue weighted by Crippen LogP contribution is -2.12. The summed E-state index contributed by atoms with van der Waals surface area (Å²) >= 11 is 3.08. The van der Waals surface area contributed by atoms with Gasteiger partial charge in [-0.3, -0.25) is 10.1 Å². The summed E-state index contributed by atoms with van der Waals surface area (Å²) in [7, 11) is 0. The van der Waals surface area contributed by atoms with Gasteiger partial charge < -0.3 is 0 Å². The minimum atomic E-state index is -0.321. The summed E-state index contributed by atoms with van der Waals surface area (Å²) in [4.78, 5) is 18.1. The van der Waals surface area contributed by atoms with Crippen LogP contribution < -0.4 is 5.32 Å². The van der Waals surface area contributed by atoms with Crippen LogP contribution in [0.3, 0.4) is 0 Å². The molecule has 0 spiro atoms. The number of aromatic nitrogens is 4. The average Bonchev–Trinajstić information content (AvgIpc) is 3.39. The second-order valence-electron chi connectivity index (χ2n) is 6.01. The summed E-state index contributed by atoms with van der Waals surface area (Å²) < 4.78 is 1.64. The molecule has 1 amide bonds. The molecular weight excluding hydrogens is 390 g/mol. The van der Waals surface area contributed by atoms with Gasteiger partial charge in [-0.2, -0.15) is 0 Å². The topological polar surface area (TPSA) is 72.7 Å². The highest BCUT2D eigenvalue weighted by Gasteiger charge is 2.14. The molecule has 6 nitrogen and oxygen atoms in total. The number of hydrogen-bond donors (Lipinski definition) is 1. The maximum Gasteiger partial charge on any atom is 0.279 e. The smallest absolute Gasteiger partial charge is 0.279 e. The molecule has 0 atom stereocenters. The van der Waals surface area contributed by atoms with E-state index in [0.717, 1.165) is 16.8 Å². The van der Waals surface area contributed by atoms with Gasteiger partial charge in [0, 0.05) is 15.8 Å². The highest BCUT2D eigenvalue weighted by atomic mass is 32.2. The molecule has 140 valence electrons. The molecule has 0 fully saturated rings. The van der Waals surface area contributed by atoms with E-state index in [2.05, 4.69) is 32.7 Å². The van der Waals surface area contributed by atoms with Crippen molar-refractivity contribution in [3.05, 3.63) is 77.4 Å². The summed E-state index contributed by atoms with van der Waals surface area (Å²) in [5.41, 5.74) is 3.21. The van der Waals surface area contributed by atoms with Crippen LogP contribution in [0.15, 0.2) is 71.1 Å². The van der Waals surface area contributed by atoms with Crippen LogP contribution >= 0.6 is 23.1 Å². The van der Waals surface area contributed by atoms with E-state index in [-0.39, 0.29) is 11.6 Å². The number of anilines is 1. The number of carbonyl (C=O) groups excluding carboxylic acids is 1. The van der Waals surface area contributed by atoms with Crippen LogP contribution in [0.1, 0.15) is 16.1 Å². The molecule has 2 heterocycles. The first-order valence-electron chi connectivity index (χ1n) is 8.56. The molecule has 0 unspecified atom stereocenters. The van der Waals surface area contributed by atoms with Crippen LogP contribution in [0.5, 0.6) is 0 Å². The van der Waals surface area contributed by atoms with E-state index in [9.17, 15) is 4.79 Å². The molecule has 0 saturated heterocycles. The number of nitrogens with zero attached hydrogens (tertiary/aromatic N) is 4. The van der Waals surface area contributed by atoms with Crippen molar-refractivity contribution < 1.29 is 4.79 Å². The Morgan fingerprint density at radius 2 is 1.93 bits per heavy atom. The minimum Gasteiger partial charge on any atom is -0.296 e. The minimum absolute atomic E-state index is 0.261. The molecule has 2 aromatic heterocycles. The van der Waals surface area contributed by atoms with E-state index in [1.807, 2.05) is 54.1 Å². The zero-order valence-electron chi connectivity index (χ0n) is 15.1. The number of nitrogens with one attached hydrogen (secondary N) is 1. The van der Waals surface area contributed by atoms with E-state index in [1.165, 1.54) is 16.2 Å². The fourth-order valence-corrected chi connectivity index (χ4v) is 3.76. The largest absolute Gasteiger partial charge is 0.296 e. The van der Waals surface area contributed by atoms with Crippen molar-refractivity contribution in [2.24, 2.45) is 0 Å². The normalized spacial score (nSPS) is 10.8. The van der Waals surface area contributed by atoms with Crippen molar-refractivity contribution in [3.63, 3.8) is 0 Å². The Morgan fingerprint density at radius 3 is 2.68 bits per heavy atom. The van der Waals surface area contributed by atoms with Gasteiger partial charge in [-0.1, -0.05) is 47.7 Å². The molecule has 0 aliphatic heterocycles. The van der Waals surface area contributed by atoms with Crippen LogP contribution in [0, 0.1) is 0 Å². The van der Waals surface area contributed by atoms with E-state index in [4.69, 9.17) is 0 Å². The monoisotopic (exact) mass is 407 g/mol. The van der Waals surface area contributed by atoms with Crippen LogP contribution in [0.2, 0.25) is 0 Å². The molecule has 2 aromatic carbocycles. The van der Waals surface area contributed by atoms with Gasteiger partial charge in [0.1, 0.15) is 0 Å². The van der Waals surface area contributed by atoms with Crippen molar-refractivity contribution >= 4 is 34.1 Å². The van der Waals surface area contributed by atoms with Gasteiger partial charge in [-0.15, -0.1) is 28.2 Å². The standard InChI is InChI=1S/C20H17N5OS2/c1-27-16-9-7-15(8-10-16)18-13-28-20(21-18)22-19(26)17-12-25(24-23-17)11-14-5-3-2-4-6-14/h2-10,12-13H,11H2,1H3,(H,21,22,26). The number of hydrogen-bond acceptors (Lipinski definition) is 6. The second-order valence-corrected chi connectivity index (χ2v) is 7.75. The van der Waals surface area contributed by atoms with Crippen molar-refractivity contribution in [2.75, 3.05) is 11.6 Å². The number of thiazole rings is 1. The molecule has 1 N–H and O–H groups in total. The fraction of sp³-hybridized carbons (Fsp3) is 0.100. The van der Waals surface area contributed by atoms with Crippen LogP contribution in [0.25, 0.3) is 11.3 Å². The predicted molar refractivity (Wildman–Crippen MR) is 113 cm³/mol. The Hall–Kier alpha value is -2.97.